The third kappa shape index (κ3) is 3.27. The second kappa shape index (κ2) is 7.56. The monoisotopic (exact) mass is 446 g/mol. The summed E-state index contributed by atoms with van der Waals surface area (Å²) in [5, 5.41) is 8.64. The quantitative estimate of drug-likeness (QED) is 0.312. The van der Waals surface area contributed by atoms with Crippen molar-refractivity contribution in [1.82, 2.24) is 9.78 Å². The fourth-order valence-electron chi connectivity index (χ4n) is 4.66. The van der Waals surface area contributed by atoms with Gasteiger partial charge in [-0.15, -0.1) is 0 Å². The molecular formula is C29H27BN2O2. The molecule has 0 bridgehead atoms. The third-order valence-corrected chi connectivity index (χ3v) is 7.25. The van der Waals surface area contributed by atoms with Crippen LogP contribution >= 0.6 is 0 Å². The Morgan fingerprint density at radius 1 is 0.706 bits per heavy atom. The van der Waals surface area contributed by atoms with Crippen LogP contribution in [0.4, 0.5) is 0 Å². The first-order valence-corrected chi connectivity index (χ1v) is 11.8. The highest BCUT2D eigenvalue weighted by atomic mass is 16.7. The van der Waals surface area contributed by atoms with Gasteiger partial charge in [0.05, 0.1) is 22.4 Å². The molecule has 0 unspecified atom stereocenters. The SMILES string of the molecule is CC1(C)OB(c2cccc(-c3nn(-c4ccccc4)c4c3ccc3ccccc34)c2)OC1(C)C. The second-order valence-corrected chi connectivity index (χ2v) is 9.99. The minimum absolute atomic E-state index is 0.381. The van der Waals surface area contributed by atoms with E-state index < -0.39 is 7.12 Å². The maximum atomic E-state index is 6.31. The predicted molar refractivity (Wildman–Crippen MR) is 140 cm³/mol. The molecule has 0 aliphatic carbocycles. The smallest absolute Gasteiger partial charge is 0.399 e. The van der Waals surface area contributed by atoms with Crippen LogP contribution in [0.2, 0.25) is 0 Å². The van der Waals surface area contributed by atoms with Gasteiger partial charge < -0.3 is 9.31 Å². The molecule has 0 amide bonds. The van der Waals surface area contributed by atoms with Crippen molar-refractivity contribution >= 4 is 34.3 Å². The van der Waals surface area contributed by atoms with E-state index in [-0.39, 0.29) is 11.2 Å². The van der Waals surface area contributed by atoms with Crippen molar-refractivity contribution < 1.29 is 9.31 Å². The van der Waals surface area contributed by atoms with E-state index in [4.69, 9.17) is 14.4 Å². The molecule has 6 rings (SSSR count). The highest BCUT2D eigenvalue weighted by Gasteiger charge is 2.51. The van der Waals surface area contributed by atoms with E-state index in [0.29, 0.717) is 0 Å². The maximum Gasteiger partial charge on any atom is 0.494 e. The number of nitrogens with zero attached hydrogens (tertiary/aromatic N) is 2. The van der Waals surface area contributed by atoms with Crippen LogP contribution in [-0.4, -0.2) is 28.1 Å². The van der Waals surface area contributed by atoms with E-state index in [0.717, 1.165) is 33.3 Å². The zero-order chi connectivity index (χ0) is 23.5. The molecule has 0 N–H and O–H groups in total. The van der Waals surface area contributed by atoms with Crippen LogP contribution in [0.5, 0.6) is 0 Å². The number of hydrogen-bond donors (Lipinski definition) is 0. The highest BCUT2D eigenvalue weighted by Crippen LogP contribution is 2.38. The van der Waals surface area contributed by atoms with Gasteiger partial charge in [-0.05, 0) is 56.7 Å². The van der Waals surface area contributed by atoms with Crippen LogP contribution in [0, 0.1) is 0 Å². The van der Waals surface area contributed by atoms with Gasteiger partial charge in [-0.1, -0.05) is 72.8 Å². The fraction of sp³-hybridized carbons (Fsp3) is 0.207. The number of aromatic nitrogens is 2. The first kappa shape index (κ1) is 21.1. The van der Waals surface area contributed by atoms with E-state index >= 15 is 0 Å². The lowest BCUT2D eigenvalue weighted by atomic mass is 9.78. The van der Waals surface area contributed by atoms with Gasteiger partial charge in [0.15, 0.2) is 0 Å². The molecule has 1 saturated heterocycles. The Hall–Kier alpha value is -3.41. The van der Waals surface area contributed by atoms with Gasteiger partial charge in [-0.25, -0.2) is 4.68 Å². The molecule has 5 heteroatoms. The summed E-state index contributed by atoms with van der Waals surface area (Å²) < 4.78 is 14.7. The molecule has 168 valence electrons. The lowest BCUT2D eigenvalue weighted by Crippen LogP contribution is -2.41. The molecule has 2 heterocycles. The summed E-state index contributed by atoms with van der Waals surface area (Å²) in [6.07, 6.45) is 0. The Morgan fingerprint density at radius 2 is 1.41 bits per heavy atom. The van der Waals surface area contributed by atoms with Gasteiger partial charge in [0, 0.05) is 16.3 Å². The van der Waals surface area contributed by atoms with Crippen molar-refractivity contribution in [2.45, 2.75) is 38.9 Å². The predicted octanol–water partition coefficient (Wildman–Crippen LogP) is 6.14. The average Bonchev–Trinajstić information content (AvgIpc) is 3.34. The van der Waals surface area contributed by atoms with E-state index in [1.165, 1.54) is 10.8 Å². The summed E-state index contributed by atoms with van der Waals surface area (Å²) in [6.45, 7) is 8.32. The molecule has 4 nitrogen and oxygen atoms in total. The number of rotatable bonds is 3. The summed E-state index contributed by atoms with van der Waals surface area (Å²) in [7, 11) is -0.409. The van der Waals surface area contributed by atoms with Crippen LogP contribution in [0.15, 0.2) is 91.0 Å². The minimum atomic E-state index is -0.409. The van der Waals surface area contributed by atoms with Gasteiger partial charge in [-0.3, -0.25) is 0 Å². The van der Waals surface area contributed by atoms with Crippen molar-refractivity contribution in [3.05, 3.63) is 91.0 Å². The van der Waals surface area contributed by atoms with Crippen LogP contribution in [0.1, 0.15) is 27.7 Å². The molecule has 0 atom stereocenters. The first-order valence-electron chi connectivity index (χ1n) is 11.8. The maximum absolute atomic E-state index is 6.31. The fourth-order valence-corrected chi connectivity index (χ4v) is 4.66. The van der Waals surface area contributed by atoms with Gasteiger partial charge in [-0.2, -0.15) is 5.10 Å². The standard InChI is InChI=1S/C29H27BN2O2/c1-28(2)29(3,4)34-30(33-28)22-13-10-12-21(19-22)26-25-18-17-20-11-8-9-16-24(20)27(25)32(31-26)23-14-6-5-7-15-23/h5-19H,1-4H3. The molecule has 34 heavy (non-hydrogen) atoms. The molecular weight excluding hydrogens is 419 g/mol. The average molecular weight is 446 g/mol. The van der Waals surface area contributed by atoms with Crippen molar-refractivity contribution in [3.63, 3.8) is 0 Å². The van der Waals surface area contributed by atoms with Crippen molar-refractivity contribution in [2.24, 2.45) is 0 Å². The number of benzene rings is 4. The summed E-state index contributed by atoms with van der Waals surface area (Å²) in [4.78, 5) is 0. The van der Waals surface area contributed by atoms with E-state index in [1.807, 2.05) is 18.2 Å². The summed E-state index contributed by atoms with van der Waals surface area (Å²) >= 11 is 0. The van der Waals surface area contributed by atoms with E-state index in [1.54, 1.807) is 0 Å². The molecule has 0 radical (unpaired) electrons. The Morgan fingerprint density at radius 3 is 2.18 bits per heavy atom. The second-order valence-electron chi connectivity index (χ2n) is 9.99. The molecule has 1 fully saturated rings. The van der Waals surface area contributed by atoms with E-state index in [2.05, 4.69) is 105 Å². The Labute approximate surface area is 200 Å². The van der Waals surface area contributed by atoms with Crippen LogP contribution in [0.3, 0.4) is 0 Å². The van der Waals surface area contributed by atoms with Crippen molar-refractivity contribution in [3.8, 4) is 16.9 Å². The van der Waals surface area contributed by atoms with Gasteiger partial charge in [0.2, 0.25) is 0 Å². The van der Waals surface area contributed by atoms with Crippen molar-refractivity contribution in [2.75, 3.05) is 0 Å². The van der Waals surface area contributed by atoms with E-state index in [9.17, 15) is 0 Å². The normalized spacial score (nSPS) is 17.0. The number of fused-ring (bicyclic) bond motifs is 3. The molecule has 4 aromatic carbocycles. The topological polar surface area (TPSA) is 36.3 Å². The highest BCUT2D eigenvalue weighted by molar-refractivity contribution is 6.62. The molecule has 1 aliphatic heterocycles. The van der Waals surface area contributed by atoms with Gasteiger partial charge in [0.1, 0.15) is 5.69 Å². The summed E-state index contributed by atoms with van der Waals surface area (Å²) in [5.74, 6) is 0. The molecule has 1 aromatic heterocycles. The Bertz CT molecular complexity index is 1510. The lowest BCUT2D eigenvalue weighted by molar-refractivity contribution is 0.00578. The number of para-hydroxylation sites is 1. The number of hydrogen-bond acceptors (Lipinski definition) is 3. The summed E-state index contributed by atoms with van der Waals surface area (Å²) in [5.41, 5.74) is 4.38. The minimum Gasteiger partial charge on any atom is -0.399 e. The van der Waals surface area contributed by atoms with Gasteiger partial charge >= 0.3 is 7.12 Å². The van der Waals surface area contributed by atoms with Crippen LogP contribution in [0.25, 0.3) is 38.6 Å². The third-order valence-electron chi connectivity index (χ3n) is 7.25. The molecule has 1 aliphatic rings. The van der Waals surface area contributed by atoms with Crippen LogP contribution < -0.4 is 5.46 Å². The largest absolute Gasteiger partial charge is 0.494 e. The van der Waals surface area contributed by atoms with Crippen LogP contribution in [-0.2, 0) is 9.31 Å². The van der Waals surface area contributed by atoms with Gasteiger partial charge in [0.25, 0.3) is 0 Å². The molecule has 0 saturated carbocycles. The zero-order valence-electron chi connectivity index (χ0n) is 19.9. The molecule has 0 spiro atoms. The lowest BCUT2D eigenvalue weighted by Gasteiger charge is -2.32. The summed E-state index contributed by atoms with van der Waals surface area (Å²) in [6, 6.07) is 31.5. The first-order chi connectivity index (χ1) is 16.3. The van der Waals surface area contributed by atoms with Crippen molar-refractivity contribution in [1.29, 1.82) is 0 Å². The zero-order valence-corrected chi connectivity index (χ0v) is 19.9. The Balaban J connectivity index is 1.54. The molecule has 5 aromatic rings. The Kier molecular flexibility index (Phi) is 4.70.